The van der Waals surface area contributed by atoms with Gasteiger partial charge in [0.2, 0.25) is 11.8 Å². The number of nitrogens with zero attached hydrogens (tertiary/aromatic N) is 8. The van der Waals surface area contributed by atoms with E-state index in [0.717, 1.165) is 86.8 Å². The summed E-state index contributed by atoms with van der Waals surface area (Å²) in [6.45, 7) is 7.18. The molecule has 3 aromatic rings. The van der Waals surface area contributed by atoms with Crippen molar-refractivity contribution >= 4 is 58.6 Å². The van der Waals surface area contributed by atoms with E-state index in [2.05, 4.69) is 42.5 Å². The average Bonchev–Trinajstić information content (AvgIpc) is 3.70. The number of imide groups is 2. The fourth-order valence-electron chi connectivity index (χ4n) is 9.81. The van der Waals surface area contributed by atoms with Gasteiger partial charge < -0.3 is 30.7 Å². The van der Waals surface area contributed by atoms with Gasteiger partial charge in [-0.1, -0.05) is 6.07 Å². The molecule has 7 heterocycles. The van der Waals surface area contributed by atoms with Gasteiger partial charge in [0, 0.05) is 77.2 Å². The number of amides is 7. The van der Waals surface area contributed by atoms with Gasteiger partial charge in [0.1, 0.15) is 11.9 Å². The van der Waals surface area contributed by atoms with Crippen LogP contribution in [0.5, 0.6) is 0 Å². The molecule has 2 aromatic carbocycles. The first-order valence-electron chi connectivity index (χ1n) is 20.6. The highest BCUT2D eigenvalue weighted by Gasteiger charge is 2.45. The number of piperidine rings is 4. The van der Waals surface area contributed by atoms with Crippen molar-refractivity contribution in [2.75, 3.05) is 74.5 Å². The number of hydrogen-bond donors (Lipinski definition) is 3. The van der Waals surface area contributed by atoms with Crippen LogP contribution < -0.4 is 26.2 Å². The Morgan fingerprint density at radius 2 is 1.64 bits per heavy atom. The number of carbonyl (C=O) groups is 6. The Balaban J connectivity index is 0.827. The molecule has 17 heteroatoms. The van der Waals surface area contributed by atoms with Crippen molar-refractivity contribution in [3.05, 3.63) is 71.0 Å². The van der Waals surface area contributed by atoms with E-state index in [-0.39, 0.29) is 42.0 Å². The fourth-order valence-corrected chi connectivity index (χ4v) is 9.81. The van der Waals surface area contributed by atoms with E-state index in [1.807, 2.05) is 30.1 Å². The molecule has 4 N–H and O–H groups in total. The van der Waals surface area contributed by atoms with E-state index in [0.29, 0.717) is 42.9 Å². The number of rotatable bonds is 9. The molecule has 1 aromatic heterocycles. The summed E-state index contributed by atoms with van der Waals surface area (Å²) in [7, 11) is 1.83. The first-order chi connectivity index (χ1) is 28.5. The monoisotopic (exact) mass is 803 g/mol. The summed E-state index contributed by atoms with van der Waals surface area (Å²) in [5.41, 5.74) is 9.16. The lowest BCUT2D eigenvalue weighted by Gasteiger charge is -2.45. The third-order valence-corrected chi connectivity index (χ3v) is 13.0. The van der Waals surface area contributed by atoms with Gasteiger partial charge in [-0.2, -0.15) is 0 Å². The number of aromatic nitrogens is 2. The highest BCUT2D eigenvalue weighted by molar-refractivity contribution is 6.23. The van der Waals surface area contributed by atoms with Crippen LogP contribution in [0.15, 0.2) is 48.7 Å². The normalized spacial score (nSPS) is 25.0. The number of hydrogen-bond acceptors (Lipinski definition) is 12. The SMILES string of the molecule is CN1CCN([C@@H]2CCCN(c3cnc(C(N)=O)c(Nc4ccc(N5CC[C@@H]6CCN(Cc7ccc8c(c7)C(=O)N(C7CCC(=O)NC7=O)C8=O)C[C@@H]6C5)cc4)n3)C2)C1=O. The second kappa shape index (κ2) is 15.6. The van der Waals surface area contributed by atoms with E-state index in [1.165, 1.54) is 0 Å². The first-order valence-corrected chi connectivity index (χ1v) is 20.6. The molecular weight excluding hydrogens is 755 g/mol. The minimum Gasteiger partial charge on any atom is -0.371 e. The van der Waals surface area contributed by atoms with Crippen molar-refractivity contribution < 1.29 is 28.8 Å². The predicted octanol–water partition coefficient (Wildman–Crippen LogP) is 2.40. The molecule has 1 unspecified atom stereocenters. The molecule has 9 rings (SSSR count). The highest BCUT2D eigenvalue weighted by atomic mass is 16.2. The van der Waals surface area contributed by atoms with Gasteiger partial charge in [0.25, 0.3) is 17.7 Å². The lowest BCUT2D eigenvalue weighted by atomic mass is 9.80. The number of carbonyl (C=O) groups excluding carboxylic acids is 6. The number of benzene rings is 2. The van der Waals surface area contributed by atoms with Crippen LogP contribution in [0.2, 0.25) is 0 Å². The molecule has 5 fully saturated rings. The lowest BCUT2D eigenvalue weighted by Crippen LogP contribution is -2.54. The second-order valence-corrected chi connectivity index (χ2v) is 16.7. The number of anilines is 4. The Morgan fingerprint density at radius 3 is 2.41 bits per heavy atom. The van der Waals surface area contributed by atoms with E-state index in [1.54, 1.807) is 23.2 Å². The molecule has 6 aliphatic rings. The zero-order chi connectivity index (χ0) is 40.9. The van der Waals surface area contributed by atoms with E-state index in [4.69, 9.17) is 10.7 Å². The zero-order valence-electron chi connectivity index (χ0n) is 33.1. The molecule has 59 heavy (non-hydrogen) atoms. The Morgan fingerprint density at radius 1 is 0.847 bits per heavy atom. The van der Waals surface area contributed by atoms with Crippen molar-refractivity contribution in [3.63, 3.8) is 0 Å². The third kappa shape index (κ3) is 7.43. The number of fused-ring (bicyclic) bond motifs is 2. The van der Waals surface area contributed by atoms with Crippen LogP contribution in [-0.2, 0) is 16.1 Å². The van der Waals surface area contributed by atoms with Gasteiger partial charge in [0.05, 0.1) is 23.4 Å². The zero-order valence-corrected chi connectivity index (χ0v) is 33.1. The summed E-state index contributed by atoms with van der Waals surface area (Å²) in [4.78, 5) is 96.7. The molecule has 308 valence electrons. The molecule has 0 radical (unpaired) electrons. The second-order valence-electron chi connectivity index (χ2n) is 16.7. The fraction of sp³-hybridized carbons (Fsp3) is 0.476. The van der Waals surface area contributed by atoms with Gasteiger partial charge >= 0.3 is 6.03 Å². The van der Waals surface area contributed by atoms with Gasteiger partial charge in [-0.05, 0) is 92.4 Å². The molecule has 7 amide bonds. The number of likely N-dealkylation sites (N-methyl/N-ethyl adjacent to an activating group) is 1. The average molecular weight is 804 g/mol. The molecular formula is C42H49N11O6. The number of nitrogens with two attached hydrogens (primary N) is 1. The number of primary amides is 1. The smallest absolute Gasteiger partial charge is 0.320 e. The Labute approximate surface area is 341 Å². The van der Waals surface area contributed by atoms with Crippen LogP contribution in [0.4, 0.5) is 27.8 Å². The summed E-state index contributed by atoms with van der Waals surface area (Å²) in [6, 6.07) is 12.6. The summed E-state index contributed by atoms with van der Waals surface area (Å²) >= 11 is 0. The van der Waals surface area contributed by atoms with Crippen LogP contribution in [-0.4, -0.2) is 137 Å². The summed E-state index contributed by atoms with van der Waals surface area (Å²) < 4.78 is 0. The van der Waals surface area contributed by atoms with Gasteiger partial charge in [-0.3, -0.25) is 39.1 Å². The lowest BCUT2D eigenvalue weighted by molar-refractivity contribution is -0.136. The van der Waals surface area contributed by atoms with Crippen molar-refractivity contribution in [2.24, 2.45) is 17.6 Å². The van der Waals surface area contributed by atoms with Gasteiger partial charge in [-0.15, -0.1) is 0 Å². The Bertz CT molecular complexity index is 2220. The van der Waals surface area contributed by atoms with Crippen molar-refractivity contribution in [2.45, 2.75) is 57.2 Å². The highest BCUT2D eigenvalue weighted by Crippen LogP contribution is 2.36. The Kier molecular flexibility index (Phi) is 10.1. The first kappa shape index (κ1) is 38.4. The van der Waals surface area contributed by atoms with Crippen LogP contribution >= 0.6 is 0 Å². The summed E-state index contributed by atoms with van der Waals surface area (Å²) in [5, 5.41) is 5.54. The van der Waals surface area contributed by atoms with Crippen LogP contribution in [0, 0.1) is 11.8 Å². The summed E-state index contributed by atoms with van der Waals surface area (Å²) in [6.07, 6.45) is 5.80. The maximum absolute atomic E-state index is 13.4. The molecule has 17 nitrogen and oxygen atoms in total. The quantitative estimate of drug-likeness (QED) is 0.268. The molecule has 0 saturated carbocycles. The van der Waals surface area contributed by atoms with E-state index >= 15 is 0 Å². The van der Waals surface area contributed by atoms with E-state index < -0.39 is 35.6 Å². The minimum absolute atomic E-state index is 0.0534. The van der Waals surface area contributed by atoms with Gasteiger partial charge in [0.15, 0.2) is 11.5 Å². The van der Waals surface area contributed by atoms with Crippen molar-refractivity contribution in [1.29, 1.82) is 0 Å². The molecule has 4 atom stereocenters. The standard InChI is InChI=1S/C42H49N11O6/c1-48-17-18-52(42(48)59)30-3-2-14-51(24-30)34-20-44-36(37(43)55)38(46-34)45-28-5-7-29(8-6-28)50-16-13-26-12-15-49(22-27(26)23-50)21-25-4-9-31-32(19-25)41(58)53(40(31)57)33-10-11-35(54)47-39(33)56/h4-9,19-20,26-27,30,33H,2-3,10-18,21-24H2,1H3,(H2,43,55)(H,45,46)(H,47,54,56)/t26-,27+,30+,33?/m0/s1. The van der Waals surface area contributed by atoms with Crippen LogP contribution in [0.1, 0.15) is 75.3 Å². The molecule has 6 aliphatic heterocycles. The maximum atomic E-state index is 13.4. The molecule has 0 aliphatic carbocycles. The Hall–Kier alpha value is -6.10. The van der Waals surface area contributed by atoms with Crippen LogP contribution in [0.3, 0.4) is 0 Å². The van der Waals surface area contributed by atoms with E-state index in [9.17, 15) is 28.8 Å². The van der Waals surface area contributed by atoms with Gasteiger partial charge in [-0.25, -0.2) is 14.8 Å². The van der Waals surface area contributed by atoms with Crippen LogP contribution in [0.25, 0.3) is 0 Å². The topological polar surface area (TPSA) is 198 Å². The molecule has 0 bridgehead atoms. The third-order valence-electron chi connectivity index (χ3n) is 13.0. The number of nitrogens with one attached hydrogen (secondary N) is 2. The number of urea groups is 1. The molecule has 5 saturated heterocycles. The molecule has 0 spiro atoms. The van der Waals surface area contributed by atoms with Crippen molar-refractivity contribution in [3.8, 4) is 0 Å². The number of likely N-dealkylation sites (tertiary alicyclic amines) is 1. The minimum atomic E-state index is -0.985. The van der Waals surface area contributed by atoms with Crippen molar-refractivity contribution in [1.82, 2.24) is 34.9 Å². The largest absolute Gasteiger partial charge is 0.371 e. The summed E-state index contributed by atoms with van der Waals surface area (Å²) in [5.74, 6) is -0.691. The predicted molar refractivity (Wildman–Crippen MR) is 217 cm³/mol. The maximum Gasteiger partial charge on any atom is 0.320 e.